The van der Waals surface area contributed by atoms with E-state index in [9.17, 15) is 4.79 Å². The average molecular weight is 503 g/mol. The zero-order chi connectivity index (χ0) is 26.4. The smallest absolute Gasteiger partial charge is 0.338 e. The first kappa shape index (κ1) is 26.8. The quantitative estimate of drug-likeness (QED) is 0.286. The molecule has 4 aliphatic carbocycles. The Balaban J connectivity index is 1.31. The summed E-state index contributed by atoms with van der Waals surface area (Å²) in [5.41, 5.74) is 6.62. The highest BCUT2D eigenvalue weighted by Crippen LogP contribution is 2.66. The molecule has 2 heteroatoms. The van der Waals surface area contributed by atoms with Gasteiger partial charge in [0.1, 0.15) is 6.10 Å². The van der Waals surface area contributed by atoms with Crippen molar-refractivity contribution in [3.05, 3.63) is 58.7 Å². The molecule has 4 aliphatic rings. The fourth-order valence-corrected chi connectivity index (χ4v) is 9.65. The van der Waals surface area contributed by atoms with E-state index >= 15 is 0 Å². The summed E-state index contributed by atoms with van der Waals surface area (Å²) in [6, 6.07) is 9.52. The van der Waals surface area contributed by atoms with Crippen LogP contribution in [0, 0.1) is 40.4 Å². The Bertz CT molecular complexity index is 1050. The number of hydrogen-bond donors (Lipinski definition) is 0. The van der Waals surface area contributed by atoms with Gasteiger partial charge in [-0.05, 0) is 131 Å². The molecular formula is C35H50O2. The normalized spacial score (nSPS) is 37.7. The summed E-state index contributed by atoms with van der Waals surface area (Å²) in [6.07, 6.45) is 15.2. The summed E-state index contributed by atoms with van der Waals surface area (Å²) in [5, 5.41) is 0. The molecule has 0 amide bonds. The Morgan fingerprint density at radius 1 is 1.05 bits per heavy atom. The number of benzene rings is 1. The standard InChI is InChI=1S/C35H50O2/c1-23(2)11-10-12-24(3)28-17-18-30-27-15-16-29-25(4)32(37-33(36)26-13-8-7-9-14-26)20-22-35(29,6)31(27)19-21-34(28,30)5/h7-9,11,13-14,24-25,28-30,32H,10,12,15-22H2,1-6H3/t24-,25+,28-,29+,30+,32+,34-,35+/m1/s1. The number of hydrogen-bond acceptors (Lipinski definition) is 2. The Morgan fingerprint density at radius 3 is 2.54 bits per heavy atom. The van der Waals surface area contributed by atoms with Crippen molar-refractivity contribution in [2.45, 2.75) is 112 Å². The Morgan fingerprint density at radius 2 is 1.81 bits per heavy atom. The van der Waals surface area contributed by atoms with Crippen molar-refractivity contribution in [1.29, 1.82) is 0 Å². The van der Waals surface area contributed by atoms with Crippen molar-refractivity contribution < 1.29 is 9.53 Å². The second kappa shape index (κ2) is 10.4. The lowest BCUT2D eigenvalue weighted by Crippen LogP contribution is -2.49. The van der Waals surface area contributed by atoms with Gasteiger partial charge in [0, 0.05) is 0 Å². The SMILES string of the molecule is CC(C)=CCC[C@@H](C)[C@H]1CC[C@H]2C3=C(CC[C@]12C)[C@@]1(C)CC[C@H](OC(=O)c2ccccc2)[C@@H](C)[C@@H]1CC3. The van der Waals surface area contributed by atoms with Gasteiger partial charge in [0.05, 0.1) is 5.56 Å². The van der Waals surface area contributed by atoms with Gasteiger partial charge in [0.2, 0.25) is 0 Å². The summed E-state index contributed by atoms with van der Waals surface area (Å²) >= 11 is 0. The van der Waals surface area contributed by atoms with Crippen molar-refractivity contribution in [2.75, 3.05) is 0 Å². The molecule has 1 aromatic carbocycles. The largest absolute Gasteiger partial charge is 0.458 e. The molecule has 5 rings (SSSR count). The van der Waals surface area contributed by atoms with Crippen LogP contribution in [0.3, 0.4) is 0 Å². The summed E-state index contributed by atoms with van der Waals surface area (Å²) in [7, 11) is 0. The maximum Gasteiger partial charge on any atom is 0.338 e. The maximum atomic E-state index is 12.8. The minimum atomic E-state index is -0.152. The minimum Gasteiger partial charge on any atom is -0.458 e. The predicted octanol–water partition coefficient (Wildman–Crippen LogP) is 9.56. The van der Waals surface area contributed by atoms with Gasteiger partial charge in [0.25, 0.3) is 0 Å². The average Bonchev–Trinajstić information content (AvgIpc) is 3.23. The van der Waals surface area contributed by atoms with Gasteiger partial charge >= 0.3 is 5.97 Å². The number of ether oxygens (including phenoxy) is 1. The highest BCUT2D eigenvalue weighted by atomic mass is 16.5. The lowest BCUT2D eigenvalue weighted by Gasteiger charge is -2.57. The second-order valence-corrected chi connectivity index (χ2v) is 13.9. The van der Waals surface area contributed by atoms with Crippen LogP contribution < -0.4 is 0 Å². The van der Waals surface area contributed by atoms with Crippen LogP contribution in [0.4, 0.5) is 0 Å². The van der Waals surface area contributed by atoms with Crippen molar-refractivity contribution in [3.8, 4) is 0 Å². The Kier molecular flexibility index (Phi) is 7.51. The monoisotopic (exact) mass is 502 g/mol. The predicted molar refractivity (Wildman–Crippen MR) is 153 cm³/mol. The molecule has 2 saturated carbocycles. The molecule has 0 spiro atoms. The van der Waals surface area contributed by atoms with Gasteiger partial charge in [-0.1, -0.05) is 68.7 Å². The molecule has 0 aromatic heterocycles. The number of carbonyl (C=O) groups is 1. The highest BCUT2D eigenvalue weighted by molar-refractivity contribution is 5.89. The number of fused-ring (bicyclic) bond motifs is 4. The lowest BCUT2D eigenvalue weighted by molar-refractivity contribution is -0.0510. The molecule has 202 valence electrons. The molecule has 0 unspecified atom stereocenters. The molecule has 0 radical (unpaired) electrons. The van der Waals surface area contributed by atoms with Crippen molar-refractivity contribution >= 4 is 5.97 Å². The van der Waals surface area contributed by atoms with Gasteiger partial charge in [0.15, 0.2) is 0 Å². The van der Waals surface area contributed by atoms with E-state index < -0.39 is 0 Å². The van der Waals surface area contributed by atoms with E-state index in [1.54, 1.807) is 0 Å². The molecule has 8 atom stereocenters. The topological polar surface area (TPSA) is 26.3 Å². The zero-order valence-electron chi connectivity index (χ0n) is 24.3. The van der Waals surface area contributed by atoms with Gasteiger partial charge in [-0.15, -0.1) is 0 Å². The summed E-state index contributed by atoms with van der Waals surface area (Å²) in [4.78, 5) is 12.8. The third-order valence-electron chi connectivity index (χ3n) is 11.7. The van der Waals surface area contributed by atoms with Crippen LogP contribution in [0.5, 0.6) is 0 Å². The first-order chi connectivity index (χ1) is 17.6. The molecule has 37 heavy (non-hydrogen) atoms. The van der Waals surface area contributed by atoms with Crippen molar-refractivity contribution in [2.24, 2.45) is 40.4 Å². The van der Waals surface area contributed by atoms with Crippen LogP contribution in [-0.2, 0) is 4.74 Å². The molecule has 1 aromatic rings. The highest BCUT2D eigenvalue weighted by Gasteiger charge is 2.57. The number of esters is 1. The zero-order valence-corrected chi connectivity index (χ0v) is 24.3. The number of rotatable bonds is 6. The summed E-state index contributed by atoms with van der Waals surface area (Å²) in [5.74, 6) is 3.37. The van der Waals surface area contributed by atoms with E-state index in [1.807, 2.05) is 41.5 Å². The van der Waals surface area contributed by atoms with E-state index in [0.29, 0.717) is 22.8 Å². The van der Waals surface area contributed by atoms with Crippen LogP contribution in [0.15, 0.2) is 53.1 Å². The Labute approximate surface area is 226 Å². The third-order valence-corrected chi connectivity index (χ3v) is 11.7. The summed E-state index contributed by atoms with van der Waals surface area (Å²) in [6.45, 7) is 14.6. The lowest BCUT2D eigenvalue weighted by atomic mass is 9.49. The van der Waals surface area contributed by atoms with Gasteiger partial charge in [-0.2, -0.15) is 0 Å². The molecule has 0 N–H and O–H groups in total. The van der Waals surface area contributed by atoms with E-state index in [0.717, 1.165) is 24.2 Å². The van der Waals surface area contributed by atoms with Crippen molar-refractivity contribution in [3.63, 3.8) is 0 Å². The molecule has 2 nitrogen and oxygen atoms in total. The van der Waals surface area contributed by atoms with Crippen LogP contribution in [0.2, 0.25) is 0 Å². The van der Waals surface area contributed by atoms with Crippen molar-refractivity contribution in [1.82, 2.24) is 0 Å². The number of carbonyl (C=O) groups excluding carboxylic acids is 1. The minimum absolute atomic E-state index is 0.0410. The van der Waals surface area contributed by atoms with Crippen LogP contribution in [0.25, 0.3) is 0 Å². The second-order valence-electron chi connectivity index (χ2n) is 13.9. The Hall–Kier alpha value is -1.83. The molecule has 2 fully saturated rings. The molecule has 0 aliphatic heterocycles. The molecule has 0 heterocycles. The van der Waals surface area contributed by atoms with E-state index in [1.165, 1.54) is 63.4 Å². The maximum absolute atomic E-state index is 12.8. The molecular weight excluding hydrogens is 452 g/mol. The van der Waals surface area contributed by atoms with E-state index in [2.05, 4.69) is 47.6 Å². The fraction of sp³-hybridized carbons (Fsp3) is 0.686. The first-order valence-electron chi connectivity index (χ1n) is 15.3. The van der Waals surface area contributed by atoms with E-state index in [4.69, 9.17) is 4.74 Å². The van der Waals surface area contributed by atoms with Crippen LogP contribution in [-0.4, -0.2) is 12.1 Å². The molecule has 0 saturated heterocycles. The molecule has 0 bridgehead atoms. The fourth-order valence-electron chi connectivity index (χ4n) is 9.65. The first-order valence-corrected chi connectivity index (χ1v) is 15.3. The van der Waals surface area contributed by atoms with E-state index in [-0.39, 0.29) is 17.5 Å². The third kappa shape index (κ3) is 4.76. The number of allylic oxidation sites excluding steroid dienone is 4. The van der Waals surface area contributed by atoms with Gasteiger partial charge in [-0.25, -0.2) is 4.79 Å². The van der Waals surface area contributed by atoms with Gasteiger partial charge < -0.3 is 4.74 Å². The van der Waals surface area contributed by atoms with Gasteiger partial charge in [-0.3, -0.25) is 0 Å². The summed E-state index contributed by atoms with van der Waals surface area (Å²) < 4.78 is 6.13. The van der Waals surface area contributed by atoms with Crippen LogP contribution in [0.1, 0.15) is 116 Å². The van der Waals surface area contributed by atoms with Crippen LogP contribution >= 0.6 is 0 Å².